The van der Waals surface area contributed by atoms with Gasteiger partial charge in [-0.2, -0.15) is 0 Å². The number of carboxylic acid groups (broad SMARTS) is 1. The highest BCUT2D eigenvalue weighted by atomic mass is 16.4. The van der Waals surface area contributed by atoms with Gasteiger partial charge in [-0.3, -0.25) is 9.59 Å². The van der Waals surface area contributed by atoms with E-state index >= 15 is 0 Å². The van der Waals surface area contributed by atoms with Gasteiger partial charge in [-0.05, 0) is 37.1 Å². The van der Waals surface area contributed by atoms with Crippen molar-refractivity contribution in [3.63, 3.8) is 0 Å². The number of aliphatic carboxylic acids is 1. The molecule has 0 atom stereocenters. The summed E-state index contributed by atoms with van der Waals surface area (Å²) in [6.45, 7) is 2.96. The number of aryl methyl sites for hydroxylation is 2. The summed E-state index contributed by atoms with van der Waals surface area (Å²) in [5.74, 6) is -2.78. The maximum Gasteiger partial charge on any atom is 0.353 e. The molecule has 0 aliphatic rings. The molecule has 2 rings (SSSR count). The topological polar surface area (TPSA) is 117 Å². The summed E-state index contributed by atoms with van der Waals surface area (Å²) in [6, 6.07) is 3.18. The van der Waals surface area contributed by atoms with E-state index in [-0.39, 0.29) is 11.0 Å². The van der Waals surface area contributed by atoms with Gasteiger partial charge in [0.1, 0.15) is 17.9 Å². The van der Waals surface area contributed by atoms with Crippen molar-refractivity contribution in [3.8, 4) is 5.75 Å². The molecule has 0 aliphatic carbocycles. The van der Waals surface area contributed by atoms with E-state index in [0.717, 1.165) is 11.1 Å². The summed E-state index contributed by atoms with van der Waals surface area (Å²) < 4.78 is 5.01. The number of benzene rings is 1. The third kappa shape index (κ3) is 2.71. The fourth-order valence-electron chi connectivity index (χ4n) is 1.89. The Kier molecular flexibility index (Phi) is 3.66. The molecule has 0 aliphatic heterocycles. The number of aromatic hydroxyl groups is 1. The molecule has 0 saturated carbocycles. The number of hydrogen-bond acceptors (Lipinski definition) is 5. The van der Waals surface area contributed by atoms with Gasteiger partial charge < -0.3 is 19.9 Å². The predicted molar refractivity (Wildman–Crippen MR) is 73.6 cm³/mol. The molecule has 110 valence electrons. The third-order valence-corrected chi connectivity index (χ3v) is 3.12. The largest absolute Gasteiger partial charge is 0.506 e. The average molecular weight is 291 g/mol. The number of hydrogen-bond donors (Lipinski definition) is 3. The van der Waals surface area contributed by atoms with E-state index in [1.54, 1.807) is 12.1 Å². The minimum atomic E-state index is -1.26. The summed E-state index contributed by atoms with van der Waals surface area (Å²) in [4.78, 5) is 34.0. The monoisotopic (exact) mass is 291 g/mol. The van der Waals surface area contributed by atoms with Crippen LogP contribution in [-0.2, 0) is 4.79 Å². The third-order valence-electron chi connectivity index (χ3n) is 3.12. The molecule has 1 aromatic heterocycles. The Balaban J connectivity index is 2.60. The summed E-state index contributed by atoms with van der Waals surface area (Å²) in [6.07, 6.45) is 0. The standard InChI is InChI=1S/C14H13NO6/c1-6-3-8-9(4-7(6)2)21-14(20)11(12(8)18)13(19)15-5-10(16)17/h3-4,18H,5H2,1-2H3,(H,15,19)(H,16,17). The Bertz CT molecular complexity index is 805. The predicted octanol–water partition coefficient (Wildman–Crippen LogP) is 0.930. The Morgan fingerprint density at radius 2 is 1.86 bits per heavy atom. The van der Waals surface area contributed by atoms with Crippen LogP contribution in [0.3, 0.4) is 0 Å². The van der Waals surface area contributed by atoms with Crippen LogP contribution in [-0.4, -0.2) is 28.6 Å². The van der Waals surface area contributed by atoms with Crippen molar-refractivity contribution in [2.45, 2.75) is 13.8 Å². The highest BCUT2D eigenvalue weighted by molar-refractivity contribution is 6.02. The van der Waals surface area contributed by atoms with Gasteiger partial charge in [-0.15, -0.1) is 0 Å². The van der Waals surface area contributed by atoms with Crippen molar-refractivity contribution in [2.75, 3.05) is 6.54 Å². The van der Waals surface area contributed by atoms with Crippen molar-refractivity contribution in [3.05, 3.63) is 39.2 Å². The van der Waals surface area contributed by atoms with Gasteiger partial charge in [0.05, 0.1) is 5.39 Å². The second-order valence-electron chi connectivity index (χ2n) is 4.62. The van der Waals surface area contributed by atoms with Crippen LogP contribution in [0.25, 0.3) is 11.0 Å². The maximum atomic E-state index is 11.8. The molecule has 7 nitrogen and oxygen atoms in total. The summed E-state index contributed by atoms with van der Waals surface area (Å²) in [5, 5.41) is 20.9. The molecule has 1 amide bonds. The van der Waals surface area contributed by atoms with Crippen LogP contribution < -0.4 is 10.9 Å². The number of nitrogens with one attached hydrogen (secondary N) is 1. The van der Waals surface area contributed by atoms with Crippen molar-refractivity contribution in [1.82, 2.24) is 5.32 Å². The molecular weight excluding hydrogens is 278 g/mol. The zero-order valence-corrected chi connectivity index (χ0v) is 11.4. The number of carbonyl (C=O) groups is 2. The molecule has 0 saturated heterocycles. The number of carboxylic acids is 1. The molecule has 0 bridgehead atoms. The smallest absolute Gasteiger partial charge is 0.353 e. The molecule has 0 fully saturated rings. The van der Waals surface area contributed by atoms with Gasteiger partial charge in [-0.1, -0.05) is 0 Å². The lowest BCUT2D eigenvalue weighted by molar-refractivity contribution is -0.135. The van der Waals surface area contributed by atoms with Gasteiger partial charge in [0.15, 0.2) is 5.56 Å². The first kappa shape index (κ1) is 14.6. The fourth-order valence-corrected chi connectivity index (χ4v) is 1.89. The summed E-state index contributed by atoms with van der Waals surface area (Å²) >= 11 is 0. The van der Waals surface area contributed by atoms with E-state index < -0.39 is 35.4 Å². The van der Waals surface area contributed by atoms with Crippen LogP contribution in [0.15, 0.2) is 21.3 Å². The maximum absolute atomic E-state index is 11.8. The van der Waals surface area contributed by atoms with Crippen LogP contribution in [0.5, 0.6) is 5.75 Å². The zero-order valence-electron chi connectivity index (χ0n) is 11.4. The molecule has 0 spiro atoms. The second kappa shape index (κ2) is 5.28. The van der Waals surface area contributed by atoms with Gasteiger partial charge >= 0.3 is 11.6 Å². The van der Waals surface area contributed by atoms with Crippen LogP contribution in [0, 0.1) is 13.8 Å². The number of fused-ring (bicyclic) bond motifs is 1. The van der Waals surface area contributed by atoms with Crippen LogP contribution in [0.1, 0.15) is 21.5 Å². The molecule has 3 N–H and O–H groups in total. The molecule has 2 aromatic rings. The molecule has 0 unspecified atom stereocenters. The summed E-state index contributed by atoms with van der Waals surface area (Å²) in [7, 11) is 0. The van der Waals surface area contributed by atoms with E-state index in [1.165, 1.54) is 0 Å². The normalized spacial score (nSPS) is 10.6. The Hall–Kier alpha value is -2.83. The lowest BCUT2D eigenvalue weighted by Gasteiger charge is -2.08. The first-order chi connectivity index (χ1) is 9.81. The first-order valence-corrected chi connectivity index (χ1v) is 6.08. The average Bonchev–Trinajstić information content (AvgIpc) is 2.39. The van der Waals surface area contributed by atoms with E-state index in [1.807, 2.05) is 19.2 Å². The minimum Gasteiger partial charge on any atom is -0.506 e. The molecular formula is C14H13NO6. The minimum absolute atomic E-state index is 0.162. The van der Waals surface area contributed by atoms with E-state index in [4.69, 9.17) is 9.52 Å². The van der Waals surface area contributed by atoms with Gasteiger partial charge in [0.25, 0.3) is 5.91 Å². The molecule has 7 heteroatoms. The SMILES string of the molecule is Cc1cc2oc(=O)c(C(=O)NCC(=O)O)c(O)c2cc1C. The van der Waals surface area contributed by atoms with Gasteiger partial charge in [0.2, 0.25) is 0 Å². The van der Waals surface area contributed by atoms with Gasteiger partial charge in [-0.25, -0.2) is 4.79 Å². The Labute approximate surface area is 118 Å². The van der Waals surface area contributed by atoms with Crippen molar-refractivity contribution >= 4 is 22.8 Å². The van der Waals surface area contributed by atoms with Crippen LogP contribution in [0.2, 0.25) is 0 Å². The molecule has 21 heavy (non-hydrogen) atoms. The van der Waals surface area contributed by atoms with Crippen molar-refractivity contribution < 1.29 is 24.2 Å². The van der Waals surface area contributed by atoms with Gasteiger partial charge in [0, 0.05) is 0 Å². The molecule has 1 heterocycles. The second-order valence-corrected chi connectivity index (χ2v) is 4.62. The highest BCUT2D eigenvalue weighted by Gasteiger charge is 2.21. The Morgan fingerprint density at radius 3 is 2.48 bits per heavy atom. The molecule has 0 radical (unpaired) electrons. The zero-order chi connectivity index (χ0) is 15.7. The number of carbonyl (C=O) groups excluding carboxylic acids is 1. The van der Waals surface area contributed by atoms with E-state index in [9.17, 15) is 19.5 Å². The lowest BCUT2D eigenvalue weighted by Crippen LogP contribution is -2.32. The number of rotatable bonds is 3. The van der Waals surface area contributed by atoms with E-state index in [2.05, 4.69) is 0 Å². The first-order valence-electron chi connectivity index (χ1n) is 6.08. The van der Waals surface area contributed by atoms with Crippen LogP contribution >= 0.6 is 0 Å². The van der Waals surface area contributed by atoms with Crippen LogP contribution in [0.4, 0.5) is 0 Å². The quantitative estimate of drug-likeness (QED) is 0.724. The van der Waals surface area contributed by atoms with Crippen molar-refractivity contribution in [1.29, 1.82) is 0 Å². The number of amides is 1. The van der Waals surface area contributed by atoms with Crippen molar-refractivity contribution in [2.24, 2.45) is 0 Å². The fraction of sp³-hybridized carbons (Fsp3) is 0.214. The van der Waals surface area contributed by atoms with E-state index in [0.29, 0.717) is 0 Å². The summed E-state index contributed by atoms with van der Waals surface area (Å²) in [5.41, 5.74) is 0.255. The molecule has 1 aromatic carbocycles. The lowest BCUT2D eigenvalue weighted by atomic mass is 10.0. The Morgan fingerprint density at radius 1 is 1.24 bits per heavy atom. The highest BCUT2D eigenvalue weighted by Crippen LogP contribution is 2.28.